The highest BCUT2D eigenvalue weighted by molar-refractivity contribution is 5.79. The van der Waals surface area contributed by atoms with Crippen LogP contribution < -0.4 is 5.32 Å². The fourth-order valence-corrected chi connectivity index (χ4v) is 3.05. The van der Waals surface area contributed by atoms with Crippen LogP contribution in [0.4, 0.5) is 4.79 Å². The van der Waals surface area contributed by atoms with Crippen molar-refractivity contribution in [1.29, 1.82) is 0 Å². The van der Waals surface area contributed by atoms with E-state index < -0.39 is 24.1 Å². The Balaban J connectivity index is 0.000000278. The van der Waals surface area contributed by atoms with Crippen LogP contribution in [0.1, 0.15) is 18.4 Å². The fourth-order valence-electron chi connectivity index (χ4n) is 3.05. The summed E-state index contributed by atoms with van der Waals surface area (Å²) in [4.78, 5) is 34.1. The van der Waals surface area contributed by atoms with Gasteiger partial charge in [-0.05, 0) is 18.1 Å². The molecule has 0 spiro atoms. The van der Waals surface area contributed by atoms with Crippen molar-refractivity contribution in [3.63, 3.8) is 0 Å². The number of nitrogens with zero attached hydrogens (tertiary/aromatic N) is 1. The van der Waals surface area contributed by atoms with Gasteiger partial charge in [0, 0.05) is 32.1 Å². The second-order valence-electron chi connectivity index (χ2n) is 7.22. The predicted molar refractivity (Wildman–Crippen MR) is 114 cm³/mol. The number of nitrogens with one attached hydrogen (secondary N) is 1. The molecule has 2 heterocycles. The highest BCUT2D eigenvalue weighted by atomic mass is 16.6. The minimum Gasteiger partial charge on any atom is -0.481 e. The second-order valence-corrected chi connectivity index (χ2v) is 7.22. The average molecular weight is 450 g/mol. The Labute approximate surface area is 186 Å². The number of carboxylic acid groups (broad SMARTS) is 2. The SMILES string of the molecule is O=C(O)C=CC1CN(C(=O)OCc2ccccc2)CCO1.O=C(O)CCC1CNCCO1. The number of benzene rings is 1. The molecule has 0 bridgehead atoms. The molecular weight excluding hydrogens is 420 g/mol. The molecule has 3 rings (SSSR count). The second kappa shape index (κ2) is 14.2. The minimum atomic E-state index is -1.04. The summed E-state index contributed by atoms with van der Waals surface area (Å²) < 4.78 is 15.9. The van der Waals surface area contributed by atoms with Crippen LogP contribution in [-0.2, 0) is 30.4 Å². The van der Waals surface area contributed by atoms with Crippen LogP contribution in [0.5, 0.6) is 0 Å². The lowest BCUT2D eigenvalue weighted by Gasteiger charge is -2.30. The summed E-state index contributed by atoms with van der Waals surface area (Å²) in [6, 6.07) is 9.41. The quantitative estimate of drug-likeness (QED) is 0.528. The van der Waals surface area contributed by atoms with Crippen LogP contribution in [0.3, 0.4) is 0 Å². The zero-order chi connectivity index (χ0) is 23.2. The Morgan fingerprint density at radius 3 is 2.59 bits per heavy atom. The molecule has 10 nitrogen and oxygen atoms in total. The van der Waals surface area contributed by atoms with Gasteiger partial charge in [0.1, 0.15) is 6.61 Å². The number of carbonyl (C=O) groups excluding carboxylic acids is 1. The molecule has 10 heteroatoms. The third-order valence-electron chi connectivity index (χ3n) is 4.69. The van der Waals surface area contributed by atoms with Crippen molar-refractivity contribution in [3.8, 4) is 0 Å². The lowest BCUT2D eigenvalue weighted by Crippen LogP contribution is -2.45. The molecule has 2 aliphatic rings. The van der Waals surface area contributed by atoms with Crippen molar-refractivity contribution >= 4 is 18.0 Å². The van der Waals surface area contributed by atoms with Gasteiger partial charge in [0.05, 0.1) is 32.0 Å². The number of hydrogen-bond donors (Lipinski definition) is 3. The summed E-state index contributed by atoms with van der Waals surface area (Å²) in [7, 11) is 0. The summed E-state index contributed by atoms with van der Waals surface area (Å²) in [5.74, 6) is -1.79. The number of morpholine rings is 2. The van der Waals surface area contributed by atoms with Crippen LogP contribution >= 0.6 is 0 Å². The third kappa shape index (κ3) is 10.4. The van der Waals surface area contributed by atoms with E-state index in [2.05, 4.69) is 5.32 Å². The van der Waals surface area contributed by atoms with Crippen LogP contribution in [0.25, 0.3) is 0 Å². The maximum Gasteiger partial charge on any atom is 0.410 e. The molecule has 1 aromatic carbocycles. The van der Waals surface area contributed by atoms with E-state index >= 15 is 0 Å². The van der Waals surface area contributed by atoms with Crippen molar-refractivity contribution in [1.82, 2.24) is 10.2 Å². The summed E-state index contributed by atoms with van der Waals surface area (Å²) in [6.07, 6.45) is 2.52. The van der Waals surface area contributed by atoms with E-state index in [1.54, 1.807) is 0 Å². The standard InChI is InChI=1S/C15H17NO5.C7H13NO3/c17-14(18)7-6-13-10-16(8-9-20-13)15(19)21-11-12-4-2-1-3-5-12;9-7(10)2-1-6-5-8-3-4-11-6/h1-7,13H,8-11H2,(H,17,18);6,8H,1-5H2,(H,9,10). The van der Waals surface area contributed by atoms with Crippen LogP contribution in [0.15, 0.2) is 42.5 Å². The molecule has 0 aromatic heterocycles. The van der Waals surface area contributed by atoms with E-state index in [9.17, 15) is 14.4 Å². The Hall–Kier alpha value is -2.95. The zero-order valence-corrected chi connectivity index (χ0v) is 17.9. The van der Waals surface area contributed by atoms with Crippen molar-refractivity contribution in [3.05, 3.63) is 48.0 Å². The highest BCUT2D eigenvalue weighted by Gasteiger charge is 2.23. The van der Waals surface area contributed by atoms with Gasteiger partial charge in [-0.15, -0.1) is 0 Å². The van der Waals surface area contributed by atoms with Crippen LogP contribution in [0.2, 0.25) is 0 Å². The molecule has 0 radical (unpaired) electrons. The Morgan fingerprint density at radius 1 is 1.16 bits per heavy atom. The van der Waals surface area contributed by atoms with E-state index in [0.717, 1.165) is 24.7 Å². The molecule has 0 aliphatic carbocycles. The molecule has 2 atom stereocenters. The molecule has 1 aromatic rings. The Morgan fingerprint density at radius 2 is 1.94 bits per heavy atom. The van der Waals surface area contributed by atoms with Gasteiger partial charge < -0.3 is 34.6 Å². The first-order chi connectivity index (χ1) is 15.4. The predicted octanol–water partition coefficient (Wildman–Crippen LogP) is 1.50. The number of rotatable bonds is 7. The zero-order valence-electron chi connectivity index (χ0n) is 17.9. The summed E-state index contributed by atoms with van der Waals surface area (Å²) >= 11 is 0. The molecule has 32 heavy (non-hydrogen) atoms. The van der Waals surface area contributed by atoms with Gasteiger partial charge in [0.2, 0.25) is 0 Å². The number of ether oxygens (including phenoxy) is 3. The Kier molecular flexibility index (Phi) is 11.2. The van der Waals surface area contributed by atoms with E-state index in [-0.39, 0.29) is 25.7 Å². The smallest absolute Gasteiger partial charge is 0.410 e. The lowest BCUT2D eigenvalue weighted by molar-refractivity contribution is -0.138. The van der Waals surface area contributed by atoms with E-state index in [4.69, 9.17) is 24.4 Å². The normalized spacial score (nSPS) is 20.8. The first-order valence-corrected chi connectivity index (χ1v) is 10.5. The largest absolute Gasteiger partial charge is 0.481 e. The molecular formula is C22H30N2O8. The number of aliphatic carboxylic acids is 2. The third-order valence-corrected chi connectivity index (χ3v) is 4.69. The minimum absolute atomic E-state index is 0.0971. The maximum atomic E-state index is 12.0. The van der Waals surface area contributed by atoms with Gasteiger partial charge in [-0.25, -0.2) is 9.59 Å². The number of carboxylic acids is 2. The maximum absolute atomic E-state index is 12.0. The van der Waals surface area contributed by atoms with Gasteiger partial charge in [-0.2, -0.15) is 0 Å². The lowest BCUT2D eigenvalue weighted by atomic mass is 10.2. The number of carbonyl (C=O) groups is 3. The molecule has 2 fully saturated rings. The first kappa shape index (κ1) is 25.3. The number of hydrogen-bond acceptors (Lipinski definition) is 7. The van der Waals surface area contributed by atoms with Crippen molar-refractivity contribution in [2.24, 2.45) is 0 Å². The van der Waals surface area contributed by atoms with E-state index in [0.29, 0.717) is 26.2 Å². The molecule has 3 N–H and O–H groups in total. The van der Waals surface area contributed by atoms with Gasteiger partial charge in [0.25, 0.3) is 0 Å². The van der Waals surface area contributed by atoms with Gasteiger partial charge in [0.15, 0.2) is 0 Å². The molecule has 2 aliphatic heterocycles. The van der Waals surface area contributed by atoms with Crippen molar-refractivity contribution in [2.45, 2.75) is 31.7 Å². The van der Waals surface area contributed by atoms with Crippen molar-refractivity contribution in [2.75, 3.05) is 39.4 Å². The molecule has 2 unspecified atom stereocenters. The van der Waals surface area contributed by atoms with Gasteiger partial charge in [-0.3, -0.25) is 4.79 Å². The molecule has 176 valence electrons. The molecule has 1 amide bonds. The summed E-state index contributed by atoms with van der Waals surface area (Å²) in [5.41, 5.74) is 0.918. The van der Waals surface area contributed by atoms with E-state index in [1.165, 1.54) is 11.0 Å². The number of amides is 1. The Bertz CT molecular complexity index is 750. The highest BCUT2D eigenvalue weighted by Crippen LogP contribution is 2.10. The topological polar surface area (TPSA) is 135 Å². The van der Waals surface area contributed by atoms with Gasteiger partial charge >= 0.3 is 18.0 Å². The fraction of sp³-hybridized carbons (Fsp3) is 0.500. The van der Waals surface area contributed by atoms with Crippen LogP contribution in [0, 0.1) is 0 Å². The van der Waals surface area contributed by atoms with Crippen LogP contribution in [-0.4, -0.2) is 84.7 Å². The molecule has 2 saturated heterocycles. The van der Waals surface area contributed by atoms with Gasteiger partial charge in [-0.1, -0.05) is 30.3 Å². The summed E-state index contributed by atoms with van der Waals surface area (Å²) in [6.45, 7) is 3.66. The van der Waals surface area contributed by atoms with E-state index in [1.807, 2.05) is 30.3 Å². The average Bonchev–Trinajstić information content (AvgIpc) is 2.82. The van der Waals surface area contributed by atoms with Crippen molar-refractivity contribution < 1.29 is 38.8 Å². The molecule has 0 saturated carbocycles. The first-order valence-electron chi connectivity index (χ1n) is 10.5. The monoisotopic (exact) mass is 450 g/mol. The summed E-state index contributed by atoms with van der Waals surface area (Å²) in [5, 5.41) is 20.1.